The number of benzene rings is 1. The van der Waals surface area contributed by atoms with Crippen LogP contribution in [0.1, 0.15) is 16.1 Å². The molecule has 0 aliphatic heterocycles. The van der Waals surface area contributed by atoms with Crippen LogP contribution < -0.4 is 11.1 Å². The molecular weight excluding hydrogens is 250 g/mol. The molecule has 0 aliphatic rings. The van der Waals surface area contributed by atoms with E-state index in [1.165, 1.54) is 18.4 Å². The van der Waals surface area contributed by atoms with Gasteiger partial charge in [-0.25, -0.2) is 9.78 Å². The molecule has 0 atom stereocenters. The van der Waals surface area contributed by atoms with E-state index in [-0.39, 0.29) is 5.97 Å². The minimum Gasteiger partial charge on any atom is -0.465 e. The zero-order valence-electron chi connectivity index (χ0n) is 9.84. The largest absolute Gasteiger partial charge is 0.465 e. The fourth-order valence-electron chi connectivity index (χ4n) is 1.44. The number of nitrogen functional groups attached to an aromatic ring is 1. The van der Waals surface area contributed by atoms with Crippen molar-refractivity contribution < 1.29 is 9.53 Å². The number of rotatable bonds is 4. The monoisotopic (exact) mass is 263 g/mol. The van der Waals surface area contributed by atoms with Gasteiger partial charge in [0.1, 0.15) is 0 Å². The maximum Gasteiger partial charge on any atom is 0.337 e. The number of carbonyl (C=O) groups is 1. The van der Waals surface area contributed by atoms with E-state index in [9.17, 15) is 4.79 Å². The minimum atomic E-state index is -0.339. The van der Waals surface area contributed by atoms with Crippen LogP contribution in [0.2, 0.25) is 0 Å². The molecule has 0 spiro atoms. The molecule has 0 radical (unpaired) electrons. The SMILES string of the molecule is COC(=O)c1ccc(NCc2csc(N)n2)cc1. The van der Waals surface area contributed by atoms with Gasteiger partial charge in [0.25, 0.3) is 0 Å². The van der Waals surface area contributed by atoms with Crippen LogP contribution in [0.4, 0.5) is 10.8 Å². The molecule has 0 fully saturated rings. The molecule has 0 amide bonds. The molecular formula is C12H13N3O2S. The molecule has 1 heterocycles. The highest BCUT2D eigenvalue weighted by Gasteiger charge is 2.04. The lowest BCUT2D eigenvalue weighted by Gasteiger charge is -2.05. The molecule has 0 unspecified atom stereocenters. The second-order valence-corrected chi connectivity index (χ2v) is 4.49. The Balaban J connectivity index is 1.96. The number of hydrogen-bond donors (Lipinski definition) is 2. The Morgan fingerprint density at radius 3 is 2.72 bits per heavy atom. The van der Waals surface area contributed by atoms with Crippen LogP contribution in [0.5, 0.6) is 0 Å². The number of carbonyl (C=O) groups excluding carboxylic acids is 1. The average Bonchev–Trinajstić information content (AvgIpc) is 2.82. The van der Waals surface area contributed by atoms with Gasteiger partial charge in [-0.15, -0.1) is 11.3 Å². The number of methoxy groups -OCH3 is 1. The highest BCUT2D eigenvalue weighted by atomic mass is 32.1. The smallest absolute Gasteiger partial charge is 0.337 e. The lowest BCUT2D eigenvalue weighted by atomic mass is 10.2. The Bertz CT molecular complexity index is 537. The number of aromatic nitrogens is 1. The number of nitrogens with zero attached hydrogens (tertiary/aromatic N) is 1. The number of nitrogens with one attached hydrogen (secondary N) is 1. The fraction of sp³-hybridized carbons (Fsp3) is 0.167. The normalized spacial score (nSPS) is 10.1. The summed E-state index contributed by atoms with van der Waals surface area (Å²) < 4.78 is 4.63. The molecule has 2 rings (SSSR count). The maximum absolute atomic E-state index is 11.2. The van der Waals surface area contributed by atoms with Crippen LogP contribution in [0.3, 0.4) is 0 Å². The number of anilines is 2. The van der Waals surface area contributed by atoms with Gasteiger partial charge in [0.15, 0.2) is 5.13 Å². The first kappa shape index (κ1) is 12.4. The molecule has 94 valence electrons. The third-order valence-corrected chi connectivity index (χ3v) is 3.07. The number of nitrogens with two attached hydrogens (primary N) is 1. The van der Waals surface area contributed by atoms with E-state index in [4.69, 9.17) is 5.73 Å². The van der Waals surface area contributed by atoms with Gasteiger partial charge in [0, 0.05) is 11.1 Å². The molecule has 1 aromatic carbocycles. The standard InChI is InChI=1S/C12H13N3O2S/c1-17-11(16)8-2-4-9(5-3-8)14-6-10-7-18-12(13)15-10/h2-5,7,14H,6H2,1H3,(H2,13,15). The molecule has 0 bridgehead atoms. The van der Waals surface area contributed by atoms with E-state index in [1.807, 2.05) is 17.5 Å². The van der Waals surface area contributed by atoms with Crippen LogP contribution in [-0.2, 0) is 11.3 Å². The van der Waals surface area contributed by atoms with E-state index in [0.717, 1.165) is 11.4 Å². The number of thiazole rings is 1. The van der Waals surface area contributed by atoms with Crippen LogP contribution in [0.25, 0.3) is 0 Å². The van der Waals surface area contributed by atoms with Crippen LogP contribution in [0, 0.1) is 0 Å². The van der Waals surface area contributed by atoms with Gasteiger partial charge in [-0.3, -0.25) is 0 Å². The fourth-order valence-corrected chi connectivity index (χ4v) is 2.00. The number of esters is 1. The molecule has 5 nitrogen and oxygen atoms in total. The van der Waals surface area contributed by atoms with Crippen molar-refractivity contribution in [1.29, 1.82) is 0 Å². The second-order valence-electron chi connectivity index (χ2n) is 3.60. The highest BCUT2D eigenvalue weighted by Crippen LogP contribution is 2.14. The van der Waals surface area contributed by atoms with Gasteiger partial charge in [-0.05, 0) is 24.3 Å². The van der Waals surface area contributed by atoms with E-state index in [1.54, 1.807) is 12.1 Å². The van der Waals surface area contributed by atoms with Crippen molar-refractivity contribution in [3.63, 3.8) is 0 Å². The Kier molecular flexibility index (Phi) is 3.78. The van der Waals surface area contributed by atoms with Gasteiger partial charge >= 0.3 is 5.97 Å². The molecule has 3 N–H and O–H groups in total. The zero-order valence-corrected chi connectivity index (χ0v) is 10.7. The molecule has 2 aromatic rings. The van der Waals surface area contributed by atoms with Crippen molar-refractivity contribution in [2.24, 2.45) is 0 Å². The highest BCUT2D eigenvalue weighted by molar-refractivity contribution is 7.13. The third kappa shape index (κ3) is 2.98. The Labute approximate surface area is 109 Å². The zero-order chi connectivity index (χ0) is 13.0. The molecule has 6 heteroatoms. The van der Waals surface area contributed by atoms with Gasteiger partial charge in [0.05, 0.1) is 24.9 Å². The maximum atomic E-state index is 11.2. The first-order valence-electron chi connectivity index (χ1n) is 5.31. The average molecular weight is 263 g/mol. The van der Waals surface area contributed by atoms with E-state index >= 15 is 0 Å². The molecule has 18 heavy (non-hydrogen) atoms. The molecule has 0 saturated carbocycles. The second kappa shape index (κ2) is 5.50. The Morgan fingerprint density at radius 1 is 1.44 bits per heavy atom. The van der Waals surface area contributed by atoms with Crippen LogP contribution in [0.15, 0.2) is 29.6 Å². The summed E-state index contributed by atoms with van der Waals surface area (Å²) in [7, 11) is 1.36. The lowest BCUT2D eigenvalue weighted by Crippen LogP contribution is -2.03. The van der Waals surface area contributed by atoms with Crippen LogP contribution in [-0.4, -0.2) is 18.1 Å². The molecule has 0 aliphatic carbocycles. The van der Waals surface area contributed by atoms with Gasteiger partial charge < -0.3 is 15.8 Å². The topological polar surface area (TPSA) is 77.2 Å². The quantitative estimate of drug-likeness (QED) is 0.826. The van der Waals surface area contributed by atoms with Crippen molar-refractivity contribution in [1.82, 2.24) is 4.98 Å². The summed E-state index contributed by atoms with van der Waals surface area (Å²) in [5.74, 6) is -0.339. The minimum absolute atomic E-state index is 0.339. The number of ether oxygens (including phenoxy) is 1. The van der Waals surface area contributed by atoms with Gasteiger partial charge in [-0.2, -0.15) is 0 Å². The van der Waals surface area contributed by atoms with Crippen LogP contribution >= 0.6 is 11.3 Å². The summed E-state index contributed by atoms with van der Waals surface area (Å²) in [5.41, 5.74) is 7.88. The van der Waals surface area contributed by atoms with Crippen molar-refractivity contribution >= 4 is 28.1 Å². The summed E-state index contributed by atoms with van der Waals surface area (Å²) in [5, 5.41) is 5.67. The van der Waals surface area contributed by atoms with Gasteiger partial charge in [-0.1, -0.05) is 0 Å². The van der Waals surface area contributed by atoms with Crippen molar-refractivity contribution in [3.05, 3.63) is 40.9 Å². The summed E-state index contributed by atoms with van der Waals surface area (Å²) in [6, 6.07) is 7.07. The summed E-state index contributed by atoms with van der Waals surface area (Å²) in [6.07, 6.45) is 0. The first-order valence-corrected chi connectivity index (χ1v) is 6.19. The van der Waals surface area contributed by atoms with E-state index < -0.39 is 0 Å². The predicted octanol–water partition coefficient (Wildman–Crippen LogP) is 2.12. The molecule has 0 saturated heterocycles. The predicted molar refractivity (Wildman–Crippen MR) is 71.6 cm³/mol. The van der Waals surface area contributed by atoms with Crippen molar-refractivity contribution in [2.45, 2.75) is 6.54 Å². The van der Waals surface area contributed by atoms with Crippen molar-refractivity contribution in [3.8, 4) is 0 Å². The van der Waals surface area contributed by atoms with E-state index in [0.29, 0.717) is 17.2 Å². The van der Waals surface area contributed by atoms with E-state index in [2.05, 4.69) is 15.0 Å². The number of hydrogen-bond acceptors (Lipinski definition) is 6. The Hall–Kier alpha value is -2.08. The summed E-state index contributed by atoms with van der Waals surface area (Å²) >= 11 is 1.41. The van der Waals surface area contributed by atoms with Gasteiger partial charge in [0.2, 0.25) is 0 Å². The summed E-state index contributed by atoms with van der Waals surface area (Å²) in [4.78, 5) is 15.4. The van der Waals surface area contributed by atoms with Crippen molar-refractivity contribution in [2.75, 3.05) is 18.2 Å². The summed E-state index contributed by atoms with van der Waals surface area (Å²) in [6.45, 7) is 0.602. The Morgan fingerprint density at radius 2 is 2.17 bits per heavy atom. The first-order chi connectivity index (χ1) is 8.69. The lowest BCUT2D eigenvalue weighted by molar-refractivity contribution is 0.0601. The molecule has 1 aromatic heterocycles. The third-order valence-electron chi connectivity index (χ3n) is 2.35.